The topological polar surface area (TPSA) is 0 Å². The van der Waals surface area contributed by atoms with Crippen molar-refractivity contribution in [3.05, 3.63) is 71.8 Å². The zero-order valence-corrected chi connectivity index (χ0v) is 11.8. The van der Waals surface area contributed by atoms with Gasteiger partial charge in [-0.05, 0) is 57.8 Å². The highest BCUT2D eigenvalue weighted by atomic mass is 14.1. The van der Waals surface area contributed by atoms with Crippen molar-refractivity contribution in [1.82, 2.24) is 0 Å². The average Bonchev–Trinajstić information content (AvgIpc) is 2.47. The minimum absolute atomic E-state index is 1.31. The van der Waals surface area contributed by atoms with E-state index in [1.165, 1.54) is 43.4 Å². The van der Waals surface area contributed by atoms with Crippen LogP contribution in [0.1, 0.15) is 11.1 Å². The third kappa shape index (κ3) is 1.55. The van der Waals surface area contributed by atoms with Gasteiger partial charge in [0.25, 0.3) is 0 Å². The van der Waals surface area contributed by atoms with Crippen LogP contribution in [0.5, 0.6) is 0 Å². The van der Waals surface area contributed by atoms with E-state index < -0.39 is 0 Å². The first kappa shape index (κ1) is 11.5. The van der Waals surface area contributed by atoms with E-state index in [9.17, 15) is 0 Å². The van der Waals surface area contributed by atoms with E-state index >= 15 is 0 Å². The van der Waals surface area contributed by atoms with Crippen LogP contribution in [0.25, 0.3) is 32.3 Å². The fourth-order valence-corrected chi connectivity index (χ4v) is 3.22. The molecule has 0 saturated heterocycles. The van der Waals surface area contributed by atoms with Crippen LogP contribution >= 0.6 is 0 Å². The van der Waals surface area contributed by atoms with E-state index in [0.29, 0.717) is 0 Å². The molecule has 0 aliphatic carbocycles. The number of rotatable bonds is 0. The van der Waals surface area contributed by atoms with Gasteiger partial charge in [-0.1, -0.05) is 60.2 Å². The Morgan fingerprint density at radius 1 is 0.550 bits per heavy atom. The van der Waals surface area contributed by atoms with Crippen LogP contribution in [-0.4, -0.2) is 0 Å². The predicted octanol–water partition coefficient (Wildman–Crippen LogP) is 5.76. The summed E-state index contributed by atoms with van der Waals surface area (Å²) in [4.78, 5) is 0. The fraction of sp³-hybridized carbons (Fsp3) is 0.100. The van der Waals surface area contributed by atoms with E-state index in [2.05, 4.69) is 74.5 Å². The molecule has 0 bridgehead atoms. The summed E-state index contributed by atoms with van der Waals surface area (Å²) in [5.41, 5.74) is 2.69. The largest absolute Gasteiger partial charge is 0.0616 e. The molecule has 20 heavy (non-hydrogen) atoms. The van der Waals surface area contributed by atoms with Gasteiger partial charge in [0.15, 0.2) is 0 Å². The third-order valence-electron chi connectivity index (χ3n) is 4.29. The Bertz CT molecular complexity index is 962. The van der Waals surface area contributed by atoms with Crippen molar-refractivity contribution >= 4 is 32.3 Å². The quantitative estimate of drug-likeness (QED) is 0.277. The van der Waals surface area contributed by atoms with Crippen molar-refractivity contribution < 1.29 is 0 Å². The summed E-state index contributed by atoms with van der Waals surface area (Å²) in [6.45, 7) is 4.39. The van der Waals surface area contributed by atoms with Crippen LogP contribution in [0.15, 0.2) is 60.7 Å². The van der Waals surface area contributed by atoms with Crippen LogP contribution < -0.4 is 0 Å². The minimum Gasteiger partial charge on any atom is -0.0616 e. The lowest BCUT2D eigenvalue weighted by atomic mass is 9.93. The predicted molar refractivity (Wildman–Crippen MR) is 88.4 cm³/mol. The molecule has 0 N–H and O–H groups in total. The van der Waals surface area contributed by atoms with Gasteiger partial charge >= 0.3 is 0 Å². The number of fused-ring (bicyclic) bond motifs is 4. The molecule has 4 rings (SSSR count). The van der Waals surface area contributed by atoms with Gasteiger partial charge < -0.3 is 0 Å². The zero-order chi connectivity index (χ0) is 13.7. The molecule has 0 aliphatic heterocycles. The van der Waals surface area contributed by atoms with Crippen LogP contribution in [0, 0.1) is 13.8 Å². The second-order valence-electron chi connectivity index (χ2n) is 5.61. The van der Waals surface area contributed by atoms with Crippen molar-refractivity contribution in [1.29, 1.82) is 0 Å². The monoisotopic (exact) mass is 256 g/mol. The summed E-state index contributed by atoms with van der Waals surface area (Å²) in [6.07, 6.45) is 0. The maximum atomic E-state index is 2.34. The highest BCUT2D eigenvalue weighted by Crippen LogP contribution is 2.33. The van der Waals surface area contributed by atoms with E-state index in [1.54, 1.807) is 0 Å². The Morgan fingerprint density at radius 2 is 1.35 bits per heavy atom. The second kappa shape index (κ2) is 4.08. The molecule has 0 amide bonds. The number of hydrogen-bond donors (Lipinski definition) is 0. The Labute approximate surface area is 118 Å². The molecule has 0 nitrogen and oxygen atoms in total. The average molecular weight is 256 g/mol. The van der Waals surface area contributed by atoms with Gasteiger partial charge in [-0.2, -0.15) is 0 Å². The molecule has 0 heteroatoms. The van der Waals surface area contributed by atoms with Crippen molar-refractivity contribution in [2.45, 2.75) is 13.8 Å². The van der Waals surface area contributed by atoms with Gasteiger partial charge in [-0.15, -0.1) is 0 Å². The van der Waals surface area contributed by atoms with E-state index in [1.807, 2.05) is 0 Å². The summed E-state index contributed by atoms with van der Waals surface area (Å²) in [7, 11) is 0. The van der Waals surface area contributed by atoms with E-state index in [-0.39, 0.29) is 0 Å². The van der Waals surface area contributed by atoms with Crippen molar-refractivity contribution in [2.75, 3.05) is 0 Å². The Kier molecular flexibility index (Phi) is 2.34. The molecule has 0 radical (unpaired) electrons. The molecule has 0 spiro atoms. The van der Waals surface area contributed by atoms with Gasteiger partial charge in [0.05, 0.1) is 0 Å². The molecule has 0 saturated carbocycles. The summed E-state index contributed by atoms with van der Waals surface area (Å²) in [6, 6.07) is 22.2. The molecule has 0 unspecified atom stereocenters. The molecule has 0 aromatic heterocycles. The molecule has 4 aromatic rings. The zero-order valence-electron chi connectivity index (χ0n) is 11.8. The van der Waals surface area contributed by atoms with Crippen molar-refractivity contribution in [3.8, 4) is 0 Å². The fourth-order valence-electron chi connectivity index (χ4n) is 3.22. The van der Waals surface area contributed by atoms with Crippen molar-refractivity contribution in [2.24, 2.45) is 0 Å². The molecule has 0 fully saturated rings. The first-order chi connectivity index (χ1) is 9.74. The number of benzene rings is 4. The molecule has 4 aromatic carbocycles. The molecule has 0 heterocycles. The molecule has 0 aliphatic rings. The van der Waals surface area contributed by atoms with E-state index in [4.69, 9.17) is 0 Å². The summed E-state index contributed by atoms with van der Waals surface area (Å²) in [5, 5.41) is 8.08. The minimum atomic E-state index is 1.31. The van der Waals surface area contributed by atoms with Gasteiger partial charge in [0.1, 0.15) is 0 Å². The number of aryl methyl sites for hydroxylation is 2. The highest BCUT2D eigenvalue weighted by Gasteiger charge is 2.06. The first-order valence-electron chi connectivity index (χ1n) is 7.05. The molecule has 0 atom stereocenters. The van der Waals surface area contributed by atoms with E-state index in [0.717, 1.165) is 0 Å². The molecular weight excluding hydrogens is 240 g/mol. The lowest BCUT2D eigenvalue weighted by Gasteiger charge is -2.11. The van der Waals surface area contributed by atoms with Gasteiger partial charge in [0.2, 0.25) is 0 Å². The lowest BCUT2D eigenvalue weighted by Crippen LogP contribution is -1.85. The van der Waals surface area contributed by atoms with Gasteiger partial charge in [-0.3, -0.25) is 0 Å². The highest BCUT2D eigenvalue weighted by molar-refractivity contribution is 6.13. The maximum Gasteiger partial charge on any atom is -0.00964 e. The second-order valence-corrected chi connectivity index (χ2v) is 5.61. The van der Waals surface area contributed by atoms with Crippen LogP contribution in [-0.2, 0) is 0 Å². The molecule has 96 valence electrons. The lowest BCUT2D eigenvalue weighted by molar-refractivity contribution is 1.49. The van der Waals surface area contributed by atoms with Crippen LogP contribution in [0.3, 0.4) is 0 Å². The summed E-state index contributed by atoms with van der Waals surface area (Å²) >= 11 is 0. The van der Waals surface area contributed by atoms with Crippen LogP contribution in [0.2, 0.25) is 0 Å². The van der Waals surface area contributed by atoms with Gasteiger partial charge in [0, 0.05) is 0 Å². The first-order valence-corrected chi connectivity index (χ1v) is 7.05. The Hall–Kier alpha value is -2.34. The SMILES string of the molecule is Cc1ccc2c(C)c3ccc4ccccc4c3cc2c1. The summed E-state index contributed by atoms with van der Waals surface area (Å²) < 4.78 is 0. The van der Waals surface area contributed by atoms with Gasteiger partial charge in [-0.25, -0.2) is 0 Å². The third-order valence-corrected chi connectivity index (χ3v) is 4.29. The maximum absolute atomic E-state index is 2.34. The smallest absolute Gasteiger partial charge is 0.00964 e. The number of hydrogen-bond acceptors (Lipinski definition) is 0. The Balaban J connectivity index is 2.29. The Morgan fingerprint density at radius 3 is 2.25 bits per heavy atom. The van der Waals surface area contributed by atoms with Crippen LogP contribution in [0.4, 0.5) is 0 Å². The molecular formula is C20H16. The standard InChI is InChI=1S/C20H16/c1-13-7-9-17-14(2)18-10-8-15-5-3-4-6-19(15)20(18)12-16(17)11-13/h3-12H,1-2H3. The van der Waals surface area contributed by atoms with Crippen molar-refractivity contribution in [3.63, 3.8) is 0 Å². The summed E-state index contributed by atoms with van der Waals surface area (Å²) in [5.74, 6) is 0. The normalized spacial score (nSPS) is 11.5.